The molecule has 2 aromatic rings. The van der Waals surface area contributed by atoms with Gasteiger partial charge in [-0.05, 0) is 67.1 Å². The Morgan fingerprint density at radius 3 is 2.71 bits per heavy atom. The quantitative estimate of drug-likeness (QED) is 0.748. The number of hydrogen-bond donors (Lipinski definition) is 2. The molecule has 0 unspecified atom stereocenters. The fraction of sp³-hybridized carbons (Fsp3) is 0.423. The van der Waals surface area contributed by atoms with Crippen LogP contribution in [0, 0.1) is 23.7 Å². The lowest BCUT2D eigenvalue weighted by molar-refractivity contribution is -0.133. The topological polar surface area (TPSA) is 61.8 Å². The summed E-state index contributed by atoms with van der Waals surface area (Å²) in [5, 5.41) is 13.4. The third kappa shape index (κ3) is 4.00. The second kappa shape index (κ2) is 8.28. The number of nitrogens with zero attached hydrogens (tertiary/aromatic N) is 1. The number of anilines is 1. The van der Waals surface area contributed by atoms with Crippen LogP contribution in [0.5, 0.6) is 5.75 Å². The maximum absolute atomic E-state index is 13.0. The van der Waals surface area contributed by atoms with Crippen molar-refractivity contribution in [2.24, 2.45) is 11.8 Å². The Balaban J connectivity index is 1.46. The largest absolute Gasteiger partial charge is 0.497 e. The van der Waals surface area contributed by atoms with E-state index in [1.54, 1.807) is 7.11 Å². The molecule has 5 nitrogen and oxygen atoms in total. The molecule has 2 fully saturated rings. The molecule has 160 valence electrons. The van der Waals surface area contributed by atoms with Gasteiger partial charge in [-0.1, -0.05) is 17.9 Å². The van der Waals surface area contributed by atoms with Crippen molar-refractivity contribution >= 4 is 11.6 Å². The number of carbonyl (C=O) groups excluding carboxylic acids is 1. The summed E-state index contributed by atoms with van der Waals surface area (Å²) in [7, 11) is 1.65. The zero-order valence-electron chi connectivity index (χ0n) is 17.8. The van der Waals surface area contributed by atoms with E-state index >= 15 is 0 Å². The van der Waals surface area contributed by atoms with E-state index in [2.05, 4.69) is 28.1 Å². The molecule has 2 aromatic carbocycles. The molecule has 3 atom stereocenters. The SMILES string of the molecule is COc1cccc(C#Cc2ccc3c(c2)[C@@H]2[C@@H](CCN2C(=O)CC2CC2)[C@@H](CO)N3)c1. The van der Waals surface area contributed by atoms with Crippen molar-refractivity contribution in [1.29, 1.82) is 0 Å². The molecule has 2 heterocycles. The van der Waals surface area contributed by atoms with Gasteiger partial charge in [0.1, 0.15) is 5.75 Å². The number of benzene rings is 2. The first-order valence-electron chi connectivity index (χ1n) is 11.1. The second-order valence-electron chi connectivity index (χ2n) is 8.85. The van der Waals surface area contributed by atoms with Crippen molar-refractivity contribution in [3.05, 3.63) is 59.2 Å². The van der Waals surface area contributed by atoms with E-state index in [-0.39, 0.29) is 30.5 Å². The first-order chi connectivity index (χ1) is 15.2. The number of aliphatic hydroxyl groups excluding tert-OH is 1. The molecule has 3 aliphatic rings. The van der Waals surface area contributed by atoms with Gasteiger partial charge in [-0.3, -0.25) is 4.79 Å². The summed E-state index contributed by atoms with van der Waals surface area (Å²) in [5.74, 6) is 8.33. The van der Waals surface area contributed by atoms with Gasteiger partial charge in [-0.2, -0.15) is 0 Å². The summed E-state index contributed by atoms with van der Waals surface area (Å²) in [6, 6.07) is 13.9. The van der Waals surface area contributed by atoms with Crippen LogP contribution in [-0.2, 0) is 4.79 Å². The Morgan fingerprint density at radius 2 is 1.97 bits per heavy atom. The molecule has 5 rings (SSSR count). The molecular weight excluding hydrogens is 388 g/mol. The van der Waals surface area contributed by atoms with Crippen LogP contribution in [-0.4, -0.2) is 42.2 Å². The zero-order valence-corrected chi connectivity index (χ0v) is 17.8. The fourth-order valence-electron chi connectivity index (χ4n) is 4.95. The molecule has 5 heteroatoms. The van der Waals surface area contributed by atoms with E-state index in [1.165, 1.54) is 12.8 Å². The summed E-state index contributed by atoms with van der Waals surface area (Å²) in [4.78, 5) is 15.1. The van der Waals surface area contributed by atoms with Crippen molar-refractivity contribution in [3.63, 3.8) is 0 Å². The molecule has 2 aliphatic heterocycles. The minimum atomic E-state index is -0.0232. The van der Waals surface area contributed by atoms with Gasteiger partial charge in [-0.15, -0.1) is 0 Å². The van der Waals surface area contributed by atoms with Crippen LogP contribution in [0.15, 0.2) is 42.5 Å². The van der Waals surface area contributed by atoms with Crippen molar-refractivity contribution in [2.45, 2.75) is 37.8 Å². The van der Waals surface area contributed by atoms with E-state index in [0.29, 0.717) is 12.3 Å². The highest BCUT2D eigenvalue weighted by Crippen LogP contribution is 2.47. The van der Waals surface area contributed by atoms with E-state index in [4.69, 9.17) is 4.74 Å². The van der Waals surface area contributed by atoms with Crippen molar-refractivity contribution in [1.82, 2.24) is 4.90 Å². The summed E-state index contributed by atoms with van der Waals surface area (Å²) in [6.07, 6.45) is 3.92. The predicted octanol–water partition coefficient (Wildman–Crippen LogP) is 3.57. The van der Waals surface area contributed by atoms with E-state index in [1.807, 2.05) is 36.4 Å². The second-order valence-corrected chi connectivity index (χ2v) is 8.85. The molecule has 0 bridgehead atoms. The highest BCUT2D eigenvalue weighted by molar-refractivity contribution is 5.78. The number of nitrogens with one attached hydrogen (secondary N) is 1. The smallest absolute Gasteiger partial charge is 0.223 e. The number of ether oxygens (including phenoxy) is 1. The Labute approximate surface area is 183 Å². The predicted molar refractivity (Wildman–Crippen MR) is 120 cm³/mol. The van der Waals surface area contributed by atoms with Gasteiger partial charge >= 0.3 is 0 Å². The zero-order chi connectivity index (χ0) is 21.4. The molecule has 1 aliphatic carbocycles. The summed E-state index contributed by atoms with van der Waals surface area (Å²) < 4.78 is 5.28. The summed E-state index contributed by atoms with van der Waals surface area (Å²) >= 11 is 0. The highest BCUT2D eigenvalue weighted by Gasteiger charge is 2.46. The monoisotopic (exact) mass is 416 g/mol. The van der Waals surface area contributed by atoms with E-state index < -0.39 is 0 Å². The van der Waals surface area contributed by atoms with Crippen LogP contribution in [0.3, 0.4) is 0 Å². The number of fused-ring (bicyclic) bond motifs is 3. The van der Waals surface area contributed by atoms with E-state index in [9.17, 15) is 9.90 Å². The highest BCUT2D eigenvalue weighted by atomic mass is 16.5. The molecule has 31 heavy (non-hydrogen) atoms. The average Bonchev–Trinajstić information content (AvgIpc) is 3.50. The van der Waals surface area contributed by atoms with Gasteiger partial charge in [0, 0.05) is 35.7 Å². The Morgan fingerprint density at radius 1 is 1.16 bits per heavy atom. The molecule has 2 N–H and O–H groups in total. The van der Waals surface area contributed by atoms with Crippen LogP contribution < -0.4 is 10.1 Å². The van der Waals surface area contributed by atoms with E-state index in [0.717, 1.165) is 41.1 Å². The first-order valence-corrected chi connectivity index (χ1v) is 11.1. The number of carbonyl (C=O) groups is 1. The van der Waals surface area contributed by atoms with Gasteiger partial charge in [0.15, 0.2) is 0 Å². The van der Waals surface area contributed by atoms with Gasteiger partial charge in [0.2, 0.25) is 5.91 Å². The third-order valence-electron chi connectivity index (χ3n) is 6.77. The van der Waals surface area contributed by atoms with Crippen LogP contribution in [0.1, 0.15) is 48.4 Å². The average molecular weight is 417 g/mol. The molecule has 0 aromatic heterocycles. The van der Waals surface area contributed by atoms with Crippen LogP contribution in [0.25, 0.3) is 0 Å². The normalized spacial score (nSPS) is 23.8. The van der Waals surface area contributed by atoms with Gasteiger partial charge in [0.25, 0.3) is 0 Å². The van der Waals surface area contributed by atoms with Crippen molar-refractivity contribution in [2.75, 3.05) is 25.6 Å². The Hall–Kier alpha value is -2.97. The van der Waals surface area contributed by atoms with Gasteiger partial charge < -0.3 is 20.1 Å². The lowest BCUT2D eigenvalue weighted by Crippen LogP contribution is -2.43. The molecule has 1 saturated heterocycles. The Bertz CT molecular complexity index is 1050. The van der Waals surface area contributed by atoms with Gasteiger partial charge in [-0.25, -0.2) is 0 Å². The third-order valence-corrected chi connectivity index (χ3v) is 6.77. The summed E-state index contributed by atoms with van der Waals surface area (Å²) in [6.45, 7) is 0.834. The number of likely N-dealkylation sites (tertiary alicyclic amines) is 1. The lowest BCUT2D eigenvalue weighted by Gasteiger charge is -2.39. The standard InChI is InChI=1S/C26H28N2O3/c1-31-20-4-2-3-17(13-20)5-6-18-9-10-23-22(14-18)26-21(24(16-29)27-23)11-12-28(26)25(30)15-19-7-8-19/h2-4,9-10,13-14,19,21,24,26-27,29H,7-8,11-12,15-16H2,1H3/t21-,24+,26-/m0/s1. The number of aliphatic hydroxyl groups is 1. The Kier molecular flexibility index (Phi) is 5.33. The van der Waals surface area contributed by atoms with Crippen LogP contribution in [0.2, 0.25) is 0 Å². The lowest BCUT2D eigenvalue weighted by atomic mass is 9.82. The number of methoxy groups -OCH3 is 1. The fourth-order valence-corrected chi connectivity index (χ4v) is 4.95. The van der Waals surface area contributed by atoms with Crippen molar-refractivity contribution in [3.8, 4) is 17.6 Å². The number of amides is 1. The first kappa shape index (κ1) is 20.0. The van der Waals surface area contributed by atoms with Crippen LogP contribution in [0.4, 0.5) is 5.69 Å². The minimum Gasteiger partial charge on any atom is -0.497 e. The maximum atomic E-state index is 13.0. The van der Waals surface area contributed by atoms with Crippen LogP contribution >= 0.6 is 0 Å². The molecule has 1 saturated carbocycles. The molecule has 0 radical (unpaired) electrons. The van der Waals surface area contributed by atoms with Crippen molar-refractivity contribution < 1.29 is 14.6 Å². The minimum absolute atomic E-state index is 0.0122. The molecule has 1 amide bonds. The number of hydrogen-bond acceptors (Lipinski definition) is 4. The molecule has 0 spiro atoms. The molecular formula is C26H28N2O3. The number of rotatable bonds is 4. The van der Waals surface area contributed by atoms with Gasteiger partial charge in [0.05, 0.1) is 25.8 Å². The maximum Gasteiger partial charge on any atom is 0.223 e. The summed E-state index contributed by atoms with van der Waals surface area (Å²) in [5.41, 5.74) is 3.94.